The maximum atomic E-state index is 2.34. The van der Waals surface area contributed by atoms with Gasteiger partial charge in [0, 0.05) is 32.9 Å². The van der Waals surface area contributed by atoms with Crippen molar-refractivity contribution in [1.82, 2.24) is 9.13 Å². The highest BCUT2D eigenvalue weighted by molar-refractivity contribution is 6.10. The van der Waals surface area contributed by atoms with Crippen LogP contribution in [0.3, 0.4) is 0 Å². The van der Waals surface area contributed by atoms with Crippen LogP contribution < -0.4 is 0 Å². The number of para-hydroxylation sites is 4. The molecule has 2 aromatic heterocycles. The number of benzene rings is 6. The summed E-state index contributed by atoms with van der Waals surface area (Å²) in [4.78, 5) is 0. The van der Waals surface area contributed by atoms with E-state index in [0.29, 0.717) is 0 Å². The van der Waals surface area contributed by atoms with Crippen LogP contribution in [0.15, 0.2) is 146 Å². The number of hydrogen-bond donors (Lipinski definition) is 0. The van der Waals surface area contributed by atoms with Gasteiger partial charge in [0.25, 0.3) is 0 Å². The van der Waals surface area contributed by atoms with Crippen molar-refractivity contribution in [1.29, 1.82) is 0 Å². The van der Waals surface area contributed by atoms with Crippen LogP contribution in [0.1, 0.15) is 11.1 Å². The van der Waals surface area contributed by atoms with E-state index in [0.717, 1.165) is 0 Å². The first-order chi connectivity index (χ1) is 19.7. The molecule has 2 heteroatoms. The molecule has 0 saturated carbocycles. The normalized spacial score (nSPS) is 11.2. The fraction of sp³-hybridized carbons (Fsp3) is 0.0526. The molecule has 0 aliphatic rings. The molecule has 8 rings (SSSR count). The van der Waals surface area contributed by atoms with Gasteiger partial charge in [-0.15, -0.1) is 0 Å². The lowest BCUT2D eigenvalue weighted by molar-refractivity contribution is 1.18. The minimum Gasteiger partial charge on any atom is -0.309 e. The Morgan fingerprint density at radius 3 is 1.38 bits per heavy atom. The third kappa shape index (κ3) is 4.06. The van der Waals surface area contributed by atoms with Crippen LogP contribution in [-0.2, 0) is 0 Å². The molecule has 0 radical (unpaired) electrons. The molecule has 0 atom stereocenters. The summed E-state index contributed by atoms with van der Waals surface area (Å²) in [6.45, 7) is 4.29. The maximum absolute atomic E-state index is 2.34. The lowest BCUT2D eigenvalue weighted by Crippen LogP contribution is -1.92. The SMILES string of the molecule is Cc1ccc2c(c1)c1ccccc1n2-c1ccccc1.Cc1ccc2c3ccccc3n(-c3ccccc3)c2c1. The van der Waals surface area contributed by atoms with Crippen LogP contribution in [0.5, 0.6) is 0 Å². The van der Waals surface area contributed by atoms with Crippen molar-refractivity contribution in [2.45, 2.75) is 13.8 Å². The van der Waals surface area contributed by atoms with Crippen LogP contribution in [0.25, 0.3) is 55.0 Å². The Balaban J connectivity index is 0.000000132. The van der Waals surface area contributed by atoms with Gasteiger partial charge in [-0.3, -0.25) is 0 Å². The highest BCUT2D eigenvalue weighted by Crippen LogP contribution is 2.33. The summed E-state index contributed by atoms with van der Waals surface area (Å²) in [5.74, 6) is 0. The maximum Gasteiger partial charge on any atom is 0.0543 e. The Bertz CT molecular complexity index is 2110. The Labute approximate surface area is 234 Å². The van der Waals surface area contributed by atoms with Crippen LogP contribution in [0.2, 0.25) is 0 Å². The molecular formula is C38H30N2. The molecule has 0 N–H and O–H groups in total. The van der Waals surface area contributed by atoms with Crippen LogP contribution >= 0.6 is 0 Å². The van der Waals surface area contributed by atoms with Crippen molar-refractivity contribution in [2.24, 2.45) is 0 Å². The summed E-state index contributed by atoms with van der Waals surface area (Å²) in [6.07, 6.45) is 0. The Kier molecular flexibility index (Phi) is 5.94. The van der Waals surface area contributed by atoms with Crippen molar-refractivity contribution < 1.29 is 0 Å². The molecule has 0 spiro atoms. The zero-order valence-corrected chi connectivity index (χ0v) is 22.8. The summed E-state index contributed by atoms with van der Waals surface area (Å²) >= 11 is 0. The van der Waals surface area contributed by atoms with Crippen molar-refractivity contribution in [3.8, 4) is 11.4 Å². The van der Waals surface area contributed by atoms with Gasteiger partial charge < -0.3 is 9.13 Å². The molecule has 8 aromatic rings. The molecule has 6 aromatic carbocycles. The van der Waals surface area contributed by atoms with Crippen LogP contribution in [-0.4, -0.2) is 9.13 Å². The van der Waals surface area contributed by atoms with E-state index in [1.807, 2.05) is 0 Å². The molecule has 2 nitrogen and oxygen atoms in total. The van der Waals surface area contributed by atoms with Gasteiger partial charge in [0.1, 0.15) is 0 Å². The van der Waals surface area contributed by atoms with E-state index in [1.54, 1.807) is 0 Å². The number of aromatic nitrogens is 2. The Morgan fingerprint density at radius 2 is 0.750 bits per heavy atom. The first-order valence-electron chi connectivity index (χ1n) is 13.8. The van der Waals surface area contributed by atoms with E-state index in [9.17, 15) is 0 Å². The molecule has 0 bridgehead atoms. The van der Waals surface area contributed by atoms with Gasteiger partial charge in [-0.25, -0.2) is 0 Å². The molecule has 0 amide bonds. The summed E-state index contributed by atoms with van der Waals surface area (Å²) in [5.41, 5.74) is 10.1. The standard InChI is InChI=1S/2C19H15N/c1-14-11-12-19-17(13-14)16-9-5-6-10-18(16)20(19)15-7-3-2-4-8-15;1-14-11-12-17-16-9-5-6-10-18(16)20(19(17)13-14)15-7-3-2-4-8-15/h2*2-13H,1H3. The van der Waals surface area contributed by atoms with Gasteiger partial charge in [-0.2, -0.15) is 0 Å². The van der Waals surface area contributed by atoms with E-state index in [-0.39, 0.29) is 0 Å². The summed E-state index contributed by atoms with van der Waals surface area (Å²) < 4.78 is 4.68. The molecule has 0 aliphatic heterocycles. The minimum atomic E-state index is 1.21. The highest BCUT2D eigenvalue weighted by atomic mass is 15.0. The quantitative estimate of drug-likeness (QED) is 0.217. The molecule has 0 fully saturated rings. The summed E-state index contributed by atoms with van der Waals surface area (Å²) in [6, 6.07) is 51.7. The molecule has 2 heterocycles. The number of hydrogen-bond acceptors (Lipinski definition) is 0. The van der Waals surface area contributed by atoms with Gasteiger partial charge in [0.15, 0.2) is 0 Å². The second-order valence-corrected chi connectivity index (χ2v) is 10.4. The molecule has 0 aliphatic carbocycles. The van der Waals surface area contributed by atoms with Gasteiger partial charge in [-0.1, -0.05) is 96.6 Å². The first kappa shape index (κ1) is 24.0. The van der Waals surface area contributed by atoms with E-state index >= 15 is 0 Å². The lowest BCUT2D eigenvalue weighted by Gasteiger charge is -2.07. The van der Waals surface area contributed by atoms with Crippen molar-refractivity contribution in [3.05, 3.63) is 157 Å². The fourth-order valence-corrected chi connectivity index (χ4v) is 5.88. The van der Waals surface area contributed by atoms with E-state index in [2.05, 4.69) is 169 Å². The lowest BCUT2D eigenvalue weighted by atomic mass is 10.1. The van der Waals surface area contributed by atoms with E-state index in [4.69, 9.17) is 0 Å². The molecular weight excluding hydrogens is 484 g/mol. The highest BCUT2D eigenvalue weighted by Gasteiger charge is 2.12. The number of aryl methyl sites for hydroxylation is 2. The number of nitrogens with zero attached hydrogens (tertiary/aromatic N) is 2. The monoisotopic (exact) mass is 514 g/mol. The number of fused-ring (bicyclic) bond motifs is 6. The zero-order valence-electron chi connectivity index (χ0n) is 22.8. The van der Waals surface area contributed by atoms with Crippen molar-refractivity contribution in [2.75, 3.05) is 0 Å². The Morgan fingerprint density at radius 1 is 0.325 bits per heavy atom. The third-order valence-electron chi connectivity index (χ3n) is 7.69. The topological polar surface area (TPSA) is 9.86 Å². The van der Waals surface area contributed by atoms with Gasteiger partial charge in [0.2, 0.25) is 0 Å². The van der Waals surface area contributed by atoms with E-state index in [1.165, 1.54) is 66.1 Å². The minimum absolute atomic E-state index is 1.21. The van der Waals surface area contributed by atoms with Crippen molar-refractivity contribution >= 4 is 43.6 Å². The summed E-state index contributed by atoms with van der Waals surface area (Å²) in [7, 11) is 0. The summed E-state index contributed by atoms with van der Waals surface area (Å²) in [5, 5.41) is 5.26. The third-order valence-corrected chi connectivity index (χ3v) is 7.69. The van der Waals surface area contributed by atoms with E-state index < -0.39 is 0 Å². The van der Waals surface area contributed by atoms with Gasteiger partial charge in [0.05, 0.1) is 22.1 Å². The number of rotatable bonds is 2. The fourth-order valence-electron chi connectivity index (χ4n) is 5.88. The molecule has 0 saturated heterocycles. The largest absolute Gasteiger partial charge is 0.309 e. The smallest absolute Gasteiger partial charge is 0.0543 e. The second-order valence-electron chi connectivity index (χ2n) is 10.4. The predicted molar refractivity (Wildman–Crippen MR) is 171 cm³/mol. The van der Waals surface area contributed by atoms with Crippen LogP contribution in [0.4, 0.5) is 0 Å². The average molecular weight is 515 g/mol. The van der Waals surface area contributed by atoms with Gasteiger partial charge >= 0.3 is 0 Å². The van der Waals surface area contributed by atoms with Gasteiger partial charge in [-0.05, 0) is 74.0 Å². The van der Waals surface area contributed by atoms with Crippen molar-refractivity contribution in [3.63, 3.8) is 0 Å². The molecule has 40 heavy (non-hydrogen) atoms. The second kappa shape index (κ2) is 9.91. The Hall–Kier alpha value is -5.08. The average Bonchev–Trinajstić information content (AvgIpc) is 3.50. The predicted octanol–water partition coefficient (Wildman–Crippen LogP) is 10.2. The molecule has 0 unspecified atom stereocenters. The first-order valence-corrected chi connectivity index (χ1v) is 13.8. The van der Waals surface area contributed by atoms with Crippen LogP contribution in [0, 0.1) is 13.8 Å². The molecule has 192 valence electrons. The zero-order chi connectivity index (χ0) is 27.1.